The summed E-state index contributed by atoms with van der Waals surface area (Å²) in [5.41, 5.74) is 1.63. The van der Waals surface area contributed by atoms with Crippen molar-refractivity contribution in [3.8, 4) is 0 Å². The fourth-order valence-electron chi connectivity index (χ4n) is 4.33. The van der Waals surface area contributed by atoms with Gasteiger partial charge in [0.1, 0.15) is 11.7 Å². The normalized spacial score (nSPS) is 24.4. The van der Waals surface area contributed by atoms with Crippen molar-refractivity contribution in [1.29, 1.82) is 0 Å². The fourth-order valence-corrected chi connectivity index (χ4v) is 4.33. The second kappa shape index (κ2) is 10.2. The van der Waals surface area contributed by atoms with Crippen LogP contribution in [0.2, 0.25) is 0 Å². The molecule has 8 heteroatoms. The summed E-state index contributed by atoms with van der Waals surface area (Å²) in [5.74, 6) is 1.19. The van der Waals surface area contributed by atoms with Crippen molar-refractivity contribution in [1.82, 2.24) is 15.5 Å². The number of amides is 1. The van der Waals surface area contributed by atoms with Crippen LogP contribution in [0.5, 0.6) is 0 Å². The SMILES string of the molecule is Cc1ccc(C(OC2CCCCO2)c2noc([C@H]3CC[C@H](NC(=O)OC(C)(C)C)C3)n2)cc1. The van der Waals surface area contributed by atoms with Crippen LogP contribution in [-0.2, 0) is 14.2 Å². The van der Waals surface area contributed by atoms with E-state index in [2.05, 4.69) is 29.5 Å². The maximum atomic E-state index is 12.1. The highest BCUT2D eigenvalue weighted by atomic mass is 16.7. The Morgan fingerprint density at radius 2 is 1.94 bits per heavy atom. The Labute approximate surface area is 195 Å². The third-order valence-electron chi connectivity index (χ3n) is 6.00. The van der Waals surface area contributed by atoms with Gasteiger partial charge in [0.2, 0.25) is 11.7 Å². The molecule has 1 N–H and O–H groups in total. The highest BCUT2D eigenvalue weighted by molar-refractivity contribution is 5.68. The summed E-state index contributed by atoms with van der Waals surface area (Å²) in [6.45, 7) is 8.33. The largest absolute Gasteiger partial charge is 0.444 e. The van der Waals surface area contributed by atoms with Crippen molar-refractivity contribution >= 4 is 6.09 Å². The van der Waals surface area contributed by atoms with Crippen LogP contribution in [0.4, 0.5) is 4.79 Å². The van der Waals surface area contributed by atoms with Gasteiger partial charge in [-0.3, -0.25) is 0 Å². The van der Waals surface area contributed by atoms with Crippen molar-refractivity contribution in [2.75, 3.05) is 6.61 Å². The predicted octanol–water partition coefficient (Wildman–Crippen LogP) is 5.17. The molecule has 0 bridgehead atoms. The third-order valence-corrected chi connectivity index (χ3v) is 6.00. The van der Waals surface area contributed by atoms with E-state index in [1.165, 1.54) is 5.56 Å². The monoisotopic (exact) mass is 457 g/mol. The lowest BCUT2D eigenvalue weighted by Crippen LogP contribution is -2.37. The van der Waals surface area contributed by atoms with Gasteiger partial charge >= 0.3 is 6.09 Å². The Bertz CT molecular complexity index is 915. The van der Waals surface area contributed by atoms with Crippen LogP contribution in [0, 0.1) is 6.92 Å². The van der Waals surface area contributed by atoms with Gasteiger partial charge in [-0.15, -0.1) is 0 Å². The topological polar surface area (TPSA) is 95.7 Å². The average Bonchev–Trinajstić information content (AvgIpc) is 3.42. The lowest BCUT2D eigenvalue weighted by Gasteiger charge is -2.26. The molecule has 0 spiro atoms. The number of aryl methyl sites for hydroxylation is 1. The van der Waals surface area contributed by atoms with Crippen molar-refractivity contribution in [3.05, 3.63) is 47.1 Å². The van der Waals surface area contributed by atoms with Crippen LogP contribution < -0.4 is 5.32 Å². The second-order valence-electron chi connectivity index (χ2n) is 10.1. The van der Waals surface area contributed by atoms with E-state index in [0.717, 1.165) is 44.1 Å². The van der Waals surface area contributed by atoms with Gasteiger partial charge in [0.15, 0.2) is 6.29 Å². The first-order valence-electron chi connectivity index (χ1n) is 11.9. The van der Waals surface area contributed by atoms with Gasteiger partial charge in [-0.1, -0.05) is 35.0 Å². The van der Waals surface area contributed by atoms with Crippen LogP contribution in [0.3, 0.4) is 0 Å². The molecular weight excluding hydrogens is 422 g/mol. The van der Waals surface area contributed by atoms with Gasteiger partial charge in [0, 0.05) is 18.6 Å². The molecule has 0 radical (unpaired) electrons. The minimum Gasteiger partial charge on any atom is -0.444 e. The Kier molecular flexibility index (Phi) is 7.34. The van der Waals surface area contributed by atoms with Crippen LogP contribution in [0.15, 0.2) is 28.8 Å². The smallest absolute Gasteiger partial charge is 0.407 e. The summed E-state index contributed by atoms with van der Waals surface area (Å²) in [6.07, 6.45) is 4.32. The molecule has 2 unspecified atom stereocenters. The average molecular weight is 458 g/mol. The van der Waals surface area contributed by atoms with Gasteiger partial charge in [-0.2, -0.15) is 4.98 Å². The Balaban J connectivity index is 1.44. The van der Waals surface area contributed by atoms with Crippen LogP contribution >= 0.6 is 0 Å². The zero-order chi connectivity index (χ0) is 23.4. The Hall–Kier alpha value is -2.45. The number of aromatic nitrogens is 2. The molecule has 2 heterocycles. The van der Waals surface area contributed by atoms with E-state index < -0.39 is 11.7 Å². The number of ether oxygens (including phenoxy) is 3. The Morgan fingerprint density at radius 3 is 2.64 bits per heavy atom. The van der Waals surface area contributed by atoms with Crippen molar-refractivity contribution in [2.45, 2.75) is 96.2 Å². The summed E-state index contributed by atoms with van der Waals surface area (Å²) in [5, 5.41) is 7.24. The van der Waals surface area contributed by atoms with E-state index in [9.17, 15) is 4.79 Å². The zero-order valence-corrected chi connectivity index (χ0v) is 20.0. The number of hydrogen-bond acceptors (Lipinski definition) is 7. The first kappa shape index (κ1) is 23.7. The van der Waals surface area contributed by atoms with Crippen molar-refractivity contribution in [2.24, 2.45) is 0 Å². The molecule has 1 amide bonds. The number of nitrogens with one attached hydrogen (secondary N) is 1. The molecule has 1 aromatic carbocycles. The quantitative estimate of drug-likeness (QED) is 0.639. The van der Waals surface area contributed by atoms with Gasteiger partial charge in [-0.05, 0) is 71.8 Å². The number of hydrogen-bond donors (Lipinski definition) is 1. The molecule has 180 valence electrons. The Morgan fingerprint density at radius 1 is 1.15 bits per heavy atom. The molecule has 1 aliphatic heterocycles. The molecule has 1 saturated heterocycles. The van der Waals surface area contributed by atoms with Crippen molar-refractivity contribution in [3.63, 3.8) is 0 Å². The van der Waals surface area contributed by atoms with Crippen molar-refractivity contribution < 1.29 is 23.5 Å². The highest BCUT2D eigenvalue weighted by Gasteiger charge is 2.33. The maximum Gasteiger partial charge on any atom is 0.407 e. The minimum absolute atomic E-state index is 0.0278. The van der Waals surface area contributed by atoms with Gasteiger partial charge in [-0.25, -0.2) is 4.79 Å². The standard InChI is InChI=1S/C25H35N3O5/c1-16-8-10-17(11-9-16)21(31-20-7-5-6-14-30-20)22-27-23(33-28-22)18-12-13-19(15-18)26-24(29)32-25(2,3)4/h8-11,18-21H,5-7,12-15H2,1-4H3,(H,26,29)/t18-,19-,20?,21?/m0/s1. The lowest BCUT2D eigenvalue weighted by atomic mass is 10.1. The molecule has 8 nitrogen and oxygen atoms in total. The number of nitrogens with zero attached hydrogens (tertiary/aromatic N) is 2. The summed E-state index contributed by atoms with van der Waals surface area (Å²) >= 11 is 0. The summed E-state index contributed by atoms with van der Waals surface area (Å²) in [6, 6.07) is 8.21. The maximum absolute atomic E-state index is 12.1. The van der Waals surface area contributed by atoms with Crippen LogP contribution in [0.25, 0.3) is 0 Å². The molecule has 2 fully saturated rings. The van der Waals surface area contributed by atoms with E-state index in [-0.39, 0.29) is 24.3 Å². The molecule has 2 aromatic rings. The molecule has 4 rings (SSSR count). The minimum atomic E-state index is -0.517. The van der Waals surface area contributed by atoms with Crippen LogP contribution in [-0.4, -0.2) is 40.8 Å². The number of alkyl carbamates (subject to hydrolysis) is 1. The van der Waals surface area contributed by atoms with E-state index in [4.69, 9.17) is 23.7 Å². The van der Waals surface area contributed by atoms with E-state index >= 15 is 0 Å². The zero-order valence-electron chi connectivity index (χ0n) is 20.0. The summed E-state index contributed by atoms with van der Waals surface area (Å²) in [7, 11) is 0. The van der Waals surface area contributed by atoms with E-state index in [1.807, 2.05) is 32.9 Å². The molecule has 1 aromatic heterocycles. The molecule has 4 atom stereocenters. The van der Waals surface area contributed by atoms with Gasteiger partial charge in [0.25, 0.3) is 0 Å². The lowest BCUT2D eigenvalue weighted by molar-refractivity contribution is -0.183. The molecule has 33 heavy (non-hydrogen) atoms. The van der Waals surface area contributed by atoms with Gasteiger partial charge < -0.3 is 24.1 Å². The highest BCUT2D eigenvalue weighted by Crippen LogP contribution is 2.35. The van der Waals surface area contributed by atoms with E-state index in [0.29, 0.717) is 18.3 Å². The number of carbonyl (C=O) groups is 1. The first-order valence-corrected chi connectivity index (χ1v) is 11.9. The number of benzene rings is 1. The molecular formula is C25H35N3O5. The number of rotatable bonds is 6. The fraction of sp³-hybridized carbons (Fsp3) is 0.640. The summed E-state index contributed by atoms with van der Waals surface area (Å²) < 4.78 is 23.2. The molecule has 2 aliphatic rings. The third kappa shape index (κ3) is 6.54. The first-order chi connectivity index (χ1) is 15.8. The summed E-state index contributed by atoms with van der Waals surface area (Å²) in [4.78, 5) is 16.8. The molecule has 1 aliphatic carbocycles. The number of carbonyl (C=O) groups excluding carboxylic acids is 1. The predicted molar refractivity (Wildman–Crippen MR) is 122 cm³/mol. The van der Waals surface area contributed by atoms with Crippen LogP contribution in [0.1, 0.15) is 94.2 Å². The molecule has 1 saturated carbocycles. The van der Waals surface area contributed by atoms with E-state index in [1.54, 1.807) is 0 Å². The van der Waals surface area contributed by atoms with Gasteiger partial charge in [0.05, 0.1) is 0 Å². The second-order valence-corrected chi connectivity index (χ2v) is 10.1.